The number of ether oxygens (including phenoxy) is 3. The standard InChI is InChI=1S/C25H24N2O6S/c1-5-33-24(30)21-14(2)26-25-27(22(21)18-13-17(31-3)9-10-19(18)32-4)23(29)20(34-25)12-15-7-6-8-16(28)11-15/h6-13,22,28H,5H2,1-4H3. The molecule has 1 atom stereocenters. The van der Waals surface area contributed by atoms with Gasteiger partial charge in [0.05, 0.1) is 36.6 Å². The van der Waals surface area contributed by atoms with E-state index in [2.05, 4.69) is 4.99 Å². The van der Waals surface area contributed by atoms with Crippen LogP contribution in [0.1, 0.15) is 31.0 Å². The molecule has 1 unspecified atom stereocenters. The predicted molar refractivity (Wildman–Crippen MR) is 128 cm³/mol. The fourth-order valence-electron chi connectivity index (χ4n) is 3.90. The lowest BCUT2D eigenvalue weighted by atomic mass is 9.94. The first kappa shape index (κ1) is 23.3. The van der Waals surface area contributed by atoms with Gasteiger partial charge in [-0.2, -0.15) is 0 Å². The molecule has 8 nitrogen and oxygen atoms in total. The van der Waals surface area contributed by atoms with E-state index in [-0.39, 0.29) is 23.5 Å². The third kappa shape index (κ3) is 4.22. The molecule has 0 amide bonds. The maximum atomic E-state index is 13.6. The summed E-state index contributed by atoms with van der Waals surface area (Å²) in [6, 6.07) is 11.0. The zero-order valence-corrected chi connectivity index (χ0v) is 20.0. The Kier molecular flexibility index (Phi) is 6.56. The number of aromatic nitrogens is 1. The number of thiazole rings is 1. The van der Waals surface area contributed by atoms with Gasteiger partial charge in [-0.15, -0.1) is 0 Å². The number of aromatic hydroxyl groups is 1. The van der Waals surface area contributed by atoms with Crippen LogP contribution in [0.25, 0.3) is 6.08 Å². The van der Waals surface area contributed by atoms with Crippen LogP contribution in [0.2, 0.25) is 0 Å². The number of methoxy groups -OCH3 is 2. The lowest BCUT2D eigenvalue weighted by molar-refractivity contribution is -0.139. The van der Waals surface area contributed by atoms with Gasteiger partial charge in [-0.1, -0.05) is 23.5 Å². The molecule has 1 N–H and O–H groups in total. The van der Waals surface area contributed by atoms with E-state index < -0.39 is 12.0 Å². The van der Waals surface area contributed by atoms with Crippen LogP contribution in [0.5, 0.6) is 17.2 Å². The Morgan fingerprint density at radius 1 is 1.21 bits per heavy atom. The molecular formula is C25H24N2O6S. The minimum atomic E-state index is -0.827. The van der Waals surface area contributed by atoms with Gasteiger partial charge < -0.3 is 19.3 Å². The molecule has 1 aliphatic heterocycles. The van der Waals surface area contributed by atoms with E-state index in [0.717, 1.165) is 0 Å². The molecule has 3 aromatic rings. The average Bonchev–Trinajstić information content (AvgIpc) is 3.12. The molecule has 176 valence electrons. The van der Waals surface area contributed by atoms with Crippen molar-refractivity contribution in [1.29, 1.82) is 0 Å². The number of carbonyl (C=O) groups excluding carboxylic acids is 1. The Hall–Kier alpha value is -3.85. The number of hydrogen-bond acceptors (Lipinski definition) is 8. The van der Waals surface area contributed by atoms with Crippen molar-refractivity contribution in [2.75, 3.05) is 20.8 Å². The lowest BCUT2D eigenvalue weighted by Gasteiger charge is -2.26. The summed E-state index contributed by atoms with van der Waals surface area (Å²) in [5.74, 6) is 0.585. The van der Waals surface area contributed by atoms with Crippen LogP contribution in [-0.2, 0) is 9.53 Å². The van der Waals surface area contributed by atoms with Crippen molar-refractivity contribution in [3.63, 3.8) is 0 Å². The minimum absolute atomic E-state index is 0.0981. The van der Waals surface area contributed by atoms with Crippen molar-refractivity contribution in [3.05, 3.63) is 84.5 Å². The summed E-state index contributed by atoms with van der Waals surface area (Å²) in [5, 5.41) is 9.80. The third-order valence-corrected chi connectivity index (χ3v) is 6.40. The van der Waals surface area contributed by atoms with Crippen LogP contribution in [0.4, 0.5) is 0 Å². The number of phenols is 1. The molecule has 0 radical (unpaired) electrons. The van der Waals surface area contributed by atoms with Crippen LogP contribution >= 0.6 is 11.3 Å². The summed E-state index contributed by atoms with van der Waals surface area (Å²) in [7, 11) is 3.07. The van der Waals surface area contributed by atoms with E-state index in [9.17, 15) is 14.7 Å². The fourth-order valence-corrected chi connectivity index (χ4v) is 4.95. The van der Waals surface area contributed by atoms with Crippen LogP contribution in [0.3, 0.4) is 0 Å². The van der Waals surface area contributed by atoms with E-state index in [0.29, 0.717) is 37.7 Å². The molecule has 1 aromatic heterocycles. The first-order valence-corrected chi connectivity index (χ1v) is 11.4. The van der Waals surface area contributed by atoms with Crippen LogP contribution in [-0.4, -0.2) is 36.5 Å². The first-order valence-electron chi connectivity index (χ1n) is 10.6. The number of esters is 1. The maximum Gasteiger partial charge on any atom is 0.338 e. The average molecular weight is 481 g/mol. The Balaban J connectivity index is 2.02. The normalized spacial score (nSPS) is 15.5. The SMILES string of the molecule is CCOC(=O)C1=C(C)N=c2sc(=Cc3cccc(O)c3)c(=O)n2C1c1cc(OC)ccc1OC. The van der Waals surface area contributed by atoms with E-state index >= 15 is 0 Å². The molecule has 2 heterocycles. The summed E-state index contributed by atoms with van der Waals surface area (Å²) in [6.07, 6.45) is 1.69. The number of hydrogen-bond donors (Lipinski definition) is 1. The highest BCUT2D eigenvalue weighted by Gasteiger charge is 2.35. The second kappa shape index (κ2) is 9.56. The van der Waals surface area contributed by atoms with Gasteiger partial charge in [0.1, 0.15) is 23.3 Å². The zero-order chi connectivity index (χ0) is 24.4. The summed E-state index contributed by atoms with van der Waals surface area (Å²) < 4.78 is 18.2. The molecular weight excluding hydrogens is 456 g/mol. The number of benzene rings is 2. The molecule has 0 saturated heterocycles. The smallest absolute Gasteiger partial charge is 0.338 e. The molecule has 0 saturated carbocycles. The van der Waals surface area contributed by atoms with E-state index in [1.165, 1.54) is 23.0 Å². The van der Waals surface area contributed by atoms with Crippen molar-refractivity contribution in [1.82, 2.24) is 4.57 Å². The lowest BCUT2D eigenvalue weighted by Crippen LogP contribution is -2.40. The second-order valence-electron chi connectivity index (χ2n) is 7.51. The van der Waals surface area contributed by atoms with Gasteiger partial charge in [0.15, 0.2) is 4.80 Å². The predicted octanol–water partition coefficient (Wildman–Crippen LogP) is 2.52. The van der Waals surface area contributed by atoms with Crippen molar-refractivity contribution in [3.8, 4) is 17.2 Å². The maximum absolute atomic E-state index is 13.6. The van der Waals surface area contributed by atoms with Gasteiger partial charge in [-0.3, -0.25) is 9.36 Å². The molecule has 0 spiro atoms. The Labute approximate surface area is 199 Å². The minimum Gasteiger partial charge on any atom is -0.508 e. The molecule has 0 fully saturated rings. The molecule has 4 rings (SSSR count). The molecule has 34 heavy (non-hydrogen) atoms. The number of allylic oxidation sites excluding steroid dienone is 1. The van der Waals surface area contributed by atoms with Crippen molar-refractivity contribution in [2.45, 2.75) is 19.9 Å². The van der Waals surface area contributed by atoms with Crippen molar-refractivity contribution in [2.24, 2.45) is 4.99 Å². The third-order valence-electron chi connectivity index (χ3n) is 5.42. The Morgan fingerprint density at radius 2 is 2.00 bits per heavy atom. The van der Waals surface area contributed by atoms with E-state index in [4.69, 9.17) is 14.2 Å². The van der Waals surface area contributed by atoms with Gasteiger partial charge in [0.2, 0.25) is 0 Å². The van der Waals surface area contributed by atoms with Gasteiger partial charge in [0, 0.05) is 5.56 Å². The Morgan fingerprint density at radius 3 is 2.68 bits per heavy atom. The van der Waals surface area contributed by atoms with Gasteiger partial charge in [-0.05, 0) is 55.8 Å². The van der Waals surface area contributed by atoms with Crippen LogP contribution in [0.15, 0.2) is 63.5 Å². The largest absolute Gasteiger partial charge is 0.508 e. The quantitative estimate of drug-likeness (QED) is 0.545. The number of nitrogens with zero attached hydrogens (tertiary/aromatic N) is 2. The topological polar surface area (TPSA) is 99.4 Å². The highest BCUT2D eigenvalue weighted by atomic mass is 32.1. The number of carbonyl (C=O) groups is 1. The molecule has 2 aromatic carbocycles. The molecule has 9 heteroatoms. The van der Waals surface area contributed by atoms with Crippen molar-refractivity contribution < 1.29 is 24.1 Å². The highest BCUT2D eigenvalue weighted by Crippen LogP contribution is 2.37. The van der Waals surface area contributed by atoms with Gasteiger partial charge in [0.25, 0.3) is 5.56 Å². The van der Waals surface area contributed by atoms with Crippen LogP contribution < -0.4 is 24.4 Å². The zero-order valence-electron chi connectivity index (χ0n) is 19.2. The monoisotopic (exact) mass is 480 g/mol. The summed E-state index contributed by atoms with van der Waals surface area (Å²) in [4.78, 5) is 31.7. The summed E-state index contributed by atoms with van der Waals surface area (Å²) in [6.45, 7) is 3.62. The fraction of sp³-hybridized carbons (Fsp3) is 0.240. The molecule has 0 aliphatic carbocycles. The number of fused-ring (bicyclic) bond motifs is 1. The number of rotatable bonds is 6. The van der Waals surface area contributed by atoms with E-state index in [1.807, 2.05) is 0 Å². The summed E-state index contributed by atoms with van der Waals surface area (Å²) >= 11 is 1.20. The van der Waals surface area contributed by atoms with Gasteiger partial charge in [-0.25, -0.2) is 9.79 Å². The van der Waals surface area contributed by atoms with Gasteiger partial charge >= 0.3 is 5.97 Å². The Bertz CT molecular complexity index is 1470. The second-order valence-corrected chi connectivity index (χ2v) is 8.51. The number of phenolic OH excluding ortho intramolecular Hbond substituents is 1. The molecule has 0 bridgehead atoms. The van der Waals surface area contributed by atoms with Crippen molar-refractivity contribution >= 4 is 23.4 Å². The highest BCUT2D eigenvalue weighted by molar-refractivity contribution is 7.07. The van der Waals surface area contributed by atoms with E-state index in [1.54, 1.807) is 69.5 Å². The summed E-state index contributed by atoms with van der Waals surface area (Å²) in [5.41, 5.74) is 1.63. The van der Waals surface area contributed by atoms with Crippen LogP contribution in [0, 0.1) is 0 Å². The first-order chi connectivity index (χ1) is 16.4. The molecule has 1 aliphatic rings.